The first-order valence-electron chi connectivity index (χ1n) is 9.06. The van der Waals surface area contributed by atoms with Crippen molar-refractivity contribution < 1.29 is 4.43 Å². The van der Waals surface area contributed by atoms with Crippen LogP contribution >= 0.6 is 23.2 Å². The van der Waals surface area contributed by atoms with Gasteiger partial charge in [-0.2, -0.15) is 0 Å². The highest BCUT2D eigenvalue weighted by molar-refractivity contribution is 6.73. The second-order valence-corrected chi connectivity index (χ2v) is 12.8. The third kappa shape index (κ3) is 4.95. The molecule has 24 heavy (non-hydrogen) atoms. The molecule has 1 aliphatic carbocycles. The van der Waals surface area contributed by atoms with Gasteiger partial charge in [-0.15, -0.1) is 0 Å². The number of nitrogens with one attached hydrogen (secondary N) is 1. The van der Waals surface area contributed by atoms with E-state index in [2.05, 4.69) is 38.0 Å². The highest BCUT2D eigenvalue weighted by atomic mass is 35.5. The van der Waals surface area contributed by atoms with Crippen LogP contribution in [0.3, 0.4) is 0 Å². The van der Waals surface area contributed by atoms with Crippen LogP contribution in [-0.4, -0.2) is 26.4 Å². The van der Waals surface area contributed by atoms with Gasteiger partial charge in [0, 0.05) is 31.0 Å². The summed E-state index contributed by atoms with van der Waals surface area (Å²) in [5.41, 5.74) is 1.35. The quantitative estimate of drug-likeness (QED) is 0.511. The summed E-state index contributed by atoms with van der Waals surface area (Å²) in [7, 11) is -1.77. The molecule has 1 aromatic rings. The Kier molecular flexibility index (Phi) is 7.15. The van der Waals surface area contributed by atoms with Crippen molar-refractivity contribution >= 4 is 31.5 Å². The molecular weight excluding hydrogens is 359 g/mol. The number of hydrogen-bond acceptors (Lipinski definition) is 3. The topological polar surface area (TPSA) is 34.1 Å². The summed E-state index contributed by atoms with van der Waals surface area (Å²) in [6.07, 6.45) is 5.82. The lowest BCUT2D eigenvalue weighted by Crippen LogP contribution is -2.40. The van der Waals surface area contributed by atoms with Crippen molar-refractivity contribution in [1.29, 1.82) is 0 Å². The third-order valence-corrected chi connectivity index (χ3v) is 10.8. The molecule has 6 heteroatoms. The van der Waals surface area contributed by atoms with Gasteiger partial charge >= 0.3 is 0 Å². The number of pyridine rings is 1. The van der Waals surface area contributed by atoms with E-state index in [0.29, 0.717) is 15.5 Å². The minimum absolute atomic E-state index is 0.109. The zero-order valence-corrected chi connectivity index (χ0v) is 17.8. The minimum atomic E-state index is -1.77. The van der Waals surface area contributed by atoms with Crippen LogP contribution in [0.5, 0.6) is 0 Å². The maximum Gasteiger partial charge on any atom is 0.192 e. The molecule has 0 radical (unpaired) electrons. The third-order valence-electron chi connectivity index (χ3n) is 5.52. The zero-order chi connectivity index (χ0) is 17.8. The van der Waals surface area contributed by atoms with Gasteiger partial charge in [0.05, 0.1) is 16.1 Å². The lowest BCUT2D eigenvalue weighted by Gasteiger charge is -2.34. The Morgan fingerprint density at radius 1 is 1.17 bits per heavy atom. The molecule has 3 nitrogen and oxygen atoms in total. The Morgan fingerprint density at radius 3 is 2.17 bits per heavy atom. The lowest BCUT2D eigenvalue weighted by atomic mass is 10.1. The molecule has 0 aliphatic heterocycles. The summed E-state index contributed by atoms with van der Waals surface area (Å²) >= 11 is 12.8. The molecule has 1 heterocycles. The molecule has 136 valence electrons. The molecule has 1 atom stereocenters. The van der Waals surface area contributed by atoms with Crippen LogP contribution in [-0.2, 0) is 4.43 Å². The molecular formula is C18H30Cl2N2OSi. The van der Waals surface area contributed by atoms with Gasteiger partial charge in [0.15, 0.2) is 8.32 Å². The van der Waals surface area contributed by atoms with E-state index in [1.807, 2.05) is 0 Å². The van der Waals surface area contributed by atoms with E-state index in [1.165, 1.54) is 12.8 Å². The van der Waals surface area contributed by atoms with Crippen LogP contribution in [0.15, 0.2) is 12.4 Å². The zero-order valence-electron chi connectivity index (χ0n) is 15.3. The molecule has 0 saturated heterocycles. The number of aromatic nitrogens is 1. The van der Waals surface area contributed by atoms with Gasteiger partial charge in [-0.1, -0.05) is 50.9 Å². The first kappa shape index (κ1) is 20.2. The Bertz CT molecular complexity index is 519. The molecule has 1 N–H and O–H groups in total. The van der Waals surface area contributed by atoms with Crippen molar-refractivity contribution in [1.82, 2.24) is 10.3 Å². The summed E-state index contributed by atoms with van der Waals surface area (Å²) in [5, 5.41) is 4.79. The van der Waals surface area contributed by atoms with Crippen molar-refractivity contribution in [2.75, 3.05) is 13.1 Å². The average molecular weight is 389 g/mol. The second kappa shape index (κ2) is 8.50. The Morgan fingerprint density at radius 2 is 1.71 bits per heavy atom. The van der Waals surface area contributed by atoms with Gasteiger partial charge in [0.1, 0.15) is 0 Å². The van der Waals surface area contributed by atoms with Gasteiger partial charge in [-0.25, -0.2) is 0 Å². The van der Waals surface area contributed by atoms with Crippen molar-refractivity contribution in [3.8, 4) is 0 Å². The van der Waals surface area contributed by atoms with E-state index >= 15 is 0 Å². The predicted molar refractivity (Wildman–Crippen MR) is 105 cm³/mol. The van der Waals surface area contributed by atoms with E-state index in [-0.39, 0.29) is 6.10 Å². The molecule has 1 aromatic heterocycles. The fourth-order valence-electron chi connectivity index (χ4n) is 3.13. The van der Waals surface area contributed by atoms with Gasteiger partial charge in [-0.05, 0) is 36.4 Å². The number of nitrogens with zero attached hydrogens (tertiary/aromatic N) is 1. The van der Waals surface area contributed by atoms with E-state index in [1.54, 1.807) is 12.4 Å². The van der Waals surface area contributed by atoms with Gasteiger partial charge in [-0.3, -0.25) is 4.98 Å². The van der Waals surface area contributed by atoms with Crippen LogP contribution in [0, 0.1) is 5.41 Å². The van der Waals surface area contributed by atoms with Crippen molar-refractivity contribution in [3.05, 3.63) is 28.0 Å². The Labute approximate surface area is 157 Å². The highest BCUT2D eigenvalue weighted by Gasteiger charge is 2.38. The van der Waals surface area contributed by atoms with Gasteiger partial charge < -0.3 is 9.74 Å². The maximum atomic E-state index is 6.75. The van der Waals surface area contributed by atoms with E-state index in [9.17, 15) is 0 Å². The molecule has 1 aliphatic rings. The predicted octanol–water partition coefficient (Wildman–Crippen LogP) is 5.84. The van der Waals surface area contributed by atoms with Crippen LogP contribution in [0.1, 0.15) is 52.2 Å². The second-order valence-electron chi connectivity index (χ2n) is 7.31. The number of rotatable bonds is 10. The van der Waals surface area contributed by atoms with Gasteiger partial charge in [0.2, 0.25) is 0 Å². The Balaban J connectivity index is 2.19. The minimum Gasteiger partial charge on any atom is -0.409 e. The van der Waals surface area contributed by atoms with Crippen molar-refractivity contribution in [2.24, 2.45) is 5.41 Å². The summed E-state index contributed by atoms with van der Waals surface area (Å²) in [4.78, 5) is 4.08. The van der Waals surface area contributed by atoms with Crippen LogP contribution in [0.2, 0.25) is 28.2 Å². The van der Waals surface area contributed by atoms with E-state index in [0.717, 1.165) is 36.8 Å². The standard InChI is InChI=1S/C18H30Cl2N2OSi/c1-5-24(6-2,7-3)23-16(12-22-13-18(4)8-9-18)17-14(19)10-21-11-15(17)20/h10-11,16,22H,5-9,12-13H2,1-4H3. The van der Waals surface area contributed by atoms with Crippen LogP contribution in [0.4, 0.5) is 0 Å². The Hall–Kier alpha value is -0.133. The molecule has 2 rings (SSSR count). The molecule has 1 fully saturated rings. The summed E-state index contributed by atoms with van der Waals surface area (Å²) in [5.74, 6) is 0. The average Bonchev–Trinajstić information content (AvgIpc) is 3.29. The molecule has 1 unspecified atom stereocenters. The van der Waals surface area contributed by atoms with Crippen LogP contribution in [0.25, 0.3) is 0 Å². The fourth-order valence-corrected chi connectivity index (χ4v) is 6.54. The van der Waals surface area contributed by atoms with Crippen molar-refractivity contribution in [2.45, 2.75) is 64.8 Å². The number of hydrogen-bond donors (Lipinski definition) is 1. The highest BCUT2D eigenvalue weighted by Crippen LogP contribution is 2.44. The molecule has 1 saturated carbocycles. The smallest absolute Gasteiger partial charge is 0.192 e. The summed E-state index contributed by atoms with van der Waals surface area (Å²) in [6, 6.07) is 3.32. The maximum absolute atomic E-state index is 6.75. The van der Waals surface area contributed by atoms with E-state index in [4.69, 9.17) is 27.6 Å². The van der Waals surface area contributed by atoms with Crippen LogP contribution < -0.4 is 5.32 Å². The fraction of sp³-hybridized carbons (Fsp3) is 0.722. The normalized spacial score (nSPS) is 17.8. The van der Waals surface area contributed by atoms with Gasteiger partial charge in [0.25, 0.3) is 0 Å². The first-order valence-corrected chi connectivity index (χ1v) is 12.3. The lowest BCUT2D eigenvalue weighted by molar-refractivity contribution is 0.184. The number of halogens is 2. The van der Waals surface area contributed by atoms with Crippen molar-refractivity contribution in [3.63, 3.8) is 0 Å². The summed E-state index contributed by atoms with van der Waals surface area (Å²) in [6.45, 7) is 10.8. The molecule has 0 aromatic carbocycles. The van der Waals surface area contributed by atoms with E-state index < -0.39 is 8.32 Å². The first-order chi connectivity index (χ1) is 11.4. The molecule has 0 amide bonds. The monoisotopic (exact) mass is 388 g/mol. The molecule has 0 bridgehead atoms. The SMILES string of the molecule is CC[Si](CC)(CC)OC(CNCC1(C)CC1)c1c(Cl)cncc1Cl. The summed E-state index contributed by atoms with van der Waals surface area (Å²) < 4.78 is 6.75. The molecule has 0 spiro atoms. The largest absolute Gasteiger partial charge is 0.409 e.